The Morgan fingerprint density at radius 3 is 2.67 bits per heavy atom. The van der Waals surface area contributed by atoms with Crippen molar-refractivity contribution in [2.24, 2.45) is 0 Å². The van der Waals surface area contributed by atoms with E-state index in [1.54, 1.807) is 6.92 Å². The quantitative estimate of drug-likeness (QED) is 0.873. The standard InChI is InChI=1S/C14H12O3S/c1-8-6-11(15)14(17)12(16)7-10(8)9(2)13-4-3-5-18-13/h3-7H,2H2,1H3,(H2,15,16,17). The van der Waals surface area contributed by atoms with Gasteiger partial charge >= 0.3 is 0 Å². The highest BCUT2D eigenvalue weighted by atomic mass is 32.1. The van der Waals surface area contributed by atoms with Gasteiger partial charge in [0.1, 0.15) is 0 Å². The Balaban J connectivity index is 2.67. The third-order valence-corrected chi connectivity index (χ3v) is 3.60. The zero-order chi connectivity index (χ0) is 13.3. The maximum absolute atomic E-state index is 11.5. The summed E-state index contributed by atoms with van der Waals surface area (Å²) in [6, 6.07) is 6.48. The van der Waals surface area contributed by atoms with Crippen molar-refractivity contribution < 1.29 is 10.2 Å². The van der Waals surface area contributed by atoms with Crippen LogP contribution in [0.15, 0.2) is 41.0 Å². The van der Waals surface area contributed by atoms with E-state index in [1.807, 2.05) is 17.5 Å². The molecule has 1 aromatic heterocycles. The van der Waals surface area contributed by atoms with Crippen molar-refractivity contribution in [1.29, 1.82) is 0 Å². The van der Waals surface area contributed by atoms with E-state index >= 15 is 0 Å². The third kappa shape index (κ3) is 2.15. The summed E-state index contributed by atoms with van der Waals surface area (Å²) in [5.74, 6) is -1.07. The molecular formula is C14H12O3S. The second-order valence-corrected chi connectivity index (χ2v) is 4.89. The molecule has 4 heteroatoms. The molecule has 0 aliphatic rings. The maximum atomic E-state index is 11.5. The van der Waals surface area contributed by atoms with Crippen LogP contribution in [0.5, 0.6) is 11.5 Å². The van der Waals surface area contributed by atoms with Crippen LogP contribution in [0.25, 0.3) is 5.57 Å². The first kappa shape index (κ1) is 12.4. The Bertz CT molecular complexity index is 657. The van der Waals surface area contributed by atoms with Crippen LogP contribution in [0, 0.1) is 6.92 Å². The van der Waals surface area contributed by atoms with Crippen molar-refractivity contribution in [2.75, 3.05) is 0 Å². The van der Waals surface area contributed by atoms with Gasteiger partial charge in [-0.05, 0) is 47.2 Å². The lowest BCUT2D eigenvalue weighted by molar-refractivity contribution is 0.402. The molecule has 0 atom stereocenters. The highest BCUT2D eigenvalue weighted by Gasteiger charge is 2.11. The van der Waals surface area contributed by atoms with Gasteiger partial charge in [0, 0.05) is 4.88 Å². The van der Waals surface area contributed by atoms with Gasteiger partial charge in [0.25, 0.3) is 0 Å². The molecule has 1 heterocycles. The topological polar surface area (TPSA) is 57.5 Å². The number of hydrogen-bond donors (Lipinski definition) is 2. The monoisotopic (exact) mass is 260 g/mol. The van der Waals surface area contributed by atoms with Crippen molar-refractivity contribution in [1.82, 2.24) is 0 Å². The minimum absolute atomic E-state index is 0.430. The smallest absolute Gasteiger partial charge is 0.224 e. The normalized spacial score (nSPS) is 10.3. The molecule has 1 aromatic carbocycles. The minimum atomic E-state index is -0.636. The second kappa shape index (κ2) is 4.66. The lowest BCUT2D eigenvalue weighted by Crippen LogP contribution is -1.94. The number of aromatic hydroxyl groups is 2. The van der Waals surface area contributed by atoms with Crippen LogP contribution in [0.2, 0.25) is 0 Å². The first-order valence-corrected chi connectivity index (χ1v) is 6.18. The van der Waals surface area contributed by atoms with Gasteiger partial charge in [-0.2, -0.15) is 0 Å². The summed E-state index contributed by atoms with van der Waals surface area (Å²) in [4.78, 5) is 12.4. The molecule has 3 nitrogen and oxygen atoms in total. The van der Waals surface area contributed by atoms with Gasteiger partial charge in [-0.25, -0.2) is 0 Å². The van der Waals surface area contributed by atoms with Crippen LogP contribution < -0.4 is 5.43 Å². The van der Waals surface area contributed by atoms with E-state index < -0.39 is 16.9 Å². The highest BCUT2D eigenvalue weighted by molar-refractivity contribution is 7.11. The molecule has 0 bridgehead atoms. The van der Waals surface area contributed by atoms with Gasteiger partial charge in [-0.15, -0.1) is 11.3 Å². The molecule has 0 saturated heterocycles. The molecule has 0 fully saturated rings. The van der Waals surface area contributed by atoms with Crippen molar-refractivity contribution in [3.63, 3.8) is 0 Å². The summed E-state index contributed by atoms with van der Waals surface area (Å²) >= 11 is 1.52. The Kier molecular flexibility index (Phi) is 3.21. The average Bonchev–Trinajstić information content (AvgIpc) is 2.84. The molecule has 0 radical (unpaired) electrons. The molecule has 0 saturated carbocycles. The van der Waals surface area contributed by atoms with Crippen molar-refractivity contribution in [3.8, 4) is 11.5 Å². The molecule has 18 heavy (non-hydrogen) atoms. The van der Waals surface area contributed by atoms with Gasteiger partial charge in [-0.1, -0.05) is 12.6 Å². The summed E-state index contributed by atoms with van der Waals surface area (Å²) in [5.41, 5.74) is 1.42. The Hall–Kier alpha value is -2.07. The fraction of sp³-hybridized carbons (Fsp3) is 0.0714. The summed E-state index contributed by atoms with van der Waals surface area (Å²) in [5, 5.41) is 21.0. The first-order chi connectivity index (χ1) is 8.50. The SMILES string of the molecule is C=C(c1cccs1)c1cc(O)c(O)c(=O)cc1C. The maximum Gasteiger partial charge on any atom is 0.224 e. The van der Waals surface area contributed by atoms with Crippen LogP contribution in [0.4, 0.5) is 0 Å². The zero-order valence-electron chi connectivity index (χ0n) is 9.80. The number of hydrogen-bond acceptors (Lipinski definition) is 4. The predicted octanol–water partition coefficient (Wildman–Crippen LogP) is 2.89. The molecule has 0 unspecified atom stereocenters. The predicted molar refractivity (Wildman–Crippen MR) is 73.2 cm³/mol. The molecule has 0 aliphatic carbocycles. The molecule has 0 aliphatic heterocycles. The summed E-state index contributed by atoms with van der Waals surface area (Å²) in [6.45, 7) is 5.72. The third-order valence-electron chi connectivity index (χ3n) is 2.67. The fourth-order valence-electron chi connectivity index (χ4n) is 1.70. The molecular weight excluding hydrogens is 248 g/mol. The van der Waals surface area contributed by atoms with Gasteiger partial charge in [0.15, 0.2) is 5.75 Å². The Morgan fingerprint density at radius 2 is 2.06 bits per heavy atom. The van der Waals surface area contributed by atoms with Gasteiger partial charge < -0.3 is 10.2 Å². The second-order valence-electron chi connectivity index (χ2n) is 3.94. The molecule has 2 rings (SSSR count). The zero-order valence-corrected chi connectivity index (χ0v) is 10.6. The Morgan fingerprint density at radius 1 is 1.33 bits per heavy atom. The fourth-order valence-corrected chi connectivity index (χ4v) is 2.41. The summed E-state index contributed by atoms with van der Waals surface area (Å²) in [6.07, 6.45) is 0. The number of thiophene rings is 1. The molecule has 0 spiro atoms. The van der Waals surface area contributed by atoms with Crippen LogP contribution in [0.1, 0.15) is 16.0 Å². The van der Waals surface area contributed by atoms with E-state index in [1.165, 1.54) is 23.5 Å². The van der Waals surface area contributed by atoms with E-state index in [-0.39, 0.29) is 0 Å². The molecule has 0 amide bonds. The average molecular weight is 260 g/mol. The van der Waals surface area contributed by atoms with Crippen molar-refractivity contribution >= 4 is 16.9 Å². The van der Waals surface area contributed by atoms with E-state index in [9.17, 15) is 15.0 Å². The number of rotatable bonds is 2. The highest BCUT2D eigenvalue weighted by Crippen LogP contribution is 2.30. The molecule has 2 aromatic rings. The minimum Gasteiger partial charge on any atom is -0.504 e. The van der Waals surface area contributed by atoms with E-state index in [4.69, 9.17) is 0 Å². The van der Waals surface area contributed by atoms with E-state index in [0.717, 1.165) is 4.88 Å². The first-order valence-electron chi connectivity index (χ1n) is 5.30. The van der Waals surface area contributed by atoms with Crippen LogP contribution >= 0.6 is 11.3 Å². The van der Waals surface area contributed by atoms with Crippen LogP contribution in [0.3, 0.4) is 0 Å². The lowest BCUT2D eigenvalue weighted by Gasteiger charge is -2.04. The van der Waals surface area contributed by atoms with Crippen molar-refractivity contribution in [2.45, 2.75) is 6.92 Å². The molecule has 92 valence electrons. The van der Waals surface area contributed by atoms with Gasteiger partial charge in [-0.3, -0.25) is 4.79 Å². The Labute approximate surface area is 108 Å². The lowest BCUT2D eigenvalue weighted by atomic mass is 10.0. The van der Waals surface area contributed by atoms with Crippen molar-refractivity contribution in [3.05, 3.63) is 62.5 Å². The van der Waals surface area contributed by atoms with Crippen LogP contribution in [-0.4, -0.2) is 10.2 Å². The largest absolute Gasteiger partial charge is 0.504 e. The summed E-state index contributed by atoms with van der Waals surface area (Å²) in [7, 11) is 0. The van der Waals surface area contributed by atoms with Gasteiger partial charge in [0.05, 0.1) is 0 Å². The van der Waals surface area contributed by atoms with Gasteiger partial charge in [0.2, 0.25) is 11.2 Å². The molecule has 2 N–H and O–H groups in total. The van der Waals surface area contributed by atoms with Crippen LogP contribution in [-0.2, 0) is 0 Å². The number of aryl methyl sites for hydroxylation is 1. The van der Waals surface area contributed by atoms with E-state index in [0.29, 0.717) is 16.7 Å². The van der Waals surface area contributed by atoms with E-state index in [2.05, 4.69) is 6.58 Å². The summed E-state index contributed by atoms with van der Waals surface area (Å²) < 4.78 is 0.